The summed E-state index contributed by atoms with van der Waals surface area (Å²) in [6.45, 7) is 2.09. The molecule has 0 aromatic carbocycles. The first kappa shape index (κ1) is 10.1. The van der Waals surface area contributed by atoms with E-state index in [1.165, 1.54) is 30.6 Å². The summed E-state index contributed by atoms with van der Waals surface area (Å²) in [4.78, 5) is 0. The van der Waals surface area contributed by atoms with Crippen molar-refractivity contribution in [2.75, 3.05) is 5.75 Å². The predicted molar refractivity (Wildman–Crippen MR) is 66.8 cm³/mol. The molecule has 84 valence electrons. The monoisotopic (exact) mass is 233 g/mol. The highest BCUT2D eigenvalue weighted by Gasteiger charge is 2.20. The molecule has 3 rings (SSSR count). The highest BCUT2D eigenvalue weighted by atomic mass is 32.2. The molecule has 1 atom stereocenters. The Morgan fingerprint density at radius 2 is 2.31 bits per heavy atom. The van der Waals surface area contributed by atoms with E-state index in [9.17, 15) is 0 Å². The third-order valence-corrected chi connectivity index (χ3v) is 4.43. The highest BCUT2D eigenvalue weighted by Crippen LogP contribution is 2.37. The number of thioether (sulfide) groups is 1. The van der Waals surface area contributed by atoms with Crippen molar-refractivity contribution in [1.82, 2.24) is 14.6 Å². The van der Waals surface area contributed by atoms with Crippen LogP contribution in [-0.2, 0) is 0 Å². The third kappa shape index (κ3) is 1.71. The fourth-order valence-electron chi connectivity index (χ4n) is 2.18. The number of aromatic nitrogens is 3. The van der Waals surface area contributed by atoms with Gasteiger partial charge in [0.2, 0.25) is 0 Å². The molecule has 0 amide bonds. The van der Waals surface area contributed by atoms with Gasteiger partial charge in [-0.25, -0.2) is 0 Å². The number of rotatable bonds is 1. The molecule has 3 nitrogen and oxygen atoms in total. The van der Waals surface area contributed by atoms with Crippen molar-refractivity contribution >= 4 is 17.4 Å². The van der Waals surface area contributed by atoms with Crippen molar-refractivity contribution in [3.63, 3.8) is 0 Å². The summed E-state index contributed by atoms with van der Waals surface area (Å²) in [6, 6.07) is 4.21. The molecule has 4 heteroatoms. The molecule has 1 aliphatic rings. The molecule has 16 heavy (non-hydrogen) atoms. The van der Waals surface area contributed by atoms with Crippen molar-refractivity contribution in [2.24, 2.45) is 0 Å². The van der Waals surface area contributed by atoms with Gasteiger partial charge in [0, 0.05) is 6.20 Å². The summed E-state index contributed by atoms with van der Waals surface area (Å²) in [5.74, 6) is 2.38. The lowest BCUT2D eigenvalue weighted by Crippen LogP contribution is -2.06. The van der Waals surface area contributed by atoms with Gasteiger partial charge in [-0.2, -0.15) is 11.8 Å². The van der Waals surface area contributed by atoms with Crippen molar-refractivity contribution in [1.29, 1.82) is 0 Å². The van der Waals surface area contributed by atoms with Gasteiger partial charge in [0.25, 0.3) is 0 Å². The topological polar surface area (TPSA) is 30.2 Å². The lowest BCUT2D eigenvalue weighted by atomic mass is 10.2. The Kier molecular flexibility index (Phi) is 2.59. The van der Waals surface area contributed by atoms with E-state index in [1.807, 2.05) is 11.8 Å². The molecular formula is C12H15N3S. The van der Waals surface area contributed by atoms with Crippen LogP contribution >= 0.6 is 11.8 Å². The largest absolute Gasteiger partial charge is 0.285 e. The molecule has 3 heterocycles. The number of fused-ring (bicyclic) bond motifs is 1. The minimum atomic E-state index is 0.534. The zero-order chi connectivity index (χ0) is 11.0. The Balaban J connectivity index is 2.03. The summed E-state index contributed by atoms with van der Waals surface area (Å²) < 4.78 is 2.13. The van der Waals surface area contributed by atoms with Gasteiger partial charge in [0.15, 0.2) is 11.5 Å². The molecular weight excluding hydrogens is 218 g/mol. The molecule has 0 N–H and O–H groups in total. The van der Waals surface area contributed by atoms with Gasteiger partial charge in [0.1, 0.15) is 0 Å². The molecule has 0 radical (unpaired) electrons. The minimum Gasteiger partial charge on any atom is -0.285 e. The van der Waals surface area contributed by atoms with Gasteiger partial charge in [0.05, 0.1) is 5.25 Å². The van der Waals surface area contributed by atoms with E-state index in [-0.39, 0.29) is 0 Å². The Morgan fingerprint density at radius 1 is 1.38 bits per heavy atom. The van der Waals surface area contributed by atoms with Crippen LogP contribution in [0.2, 0.25) is 0 Å². The normalized spacial score (nSPS) is 21.4. The summed E-state index contributed by atoms with van der Waals surface area (Å²) in [6.07, 6.45) is 5.99. The summed E-state index contributed by atoms with van der Waals surface area (Å²) in [5.41, 5.74) is 2.21. The highest BCUT2D eigenvalue weighted by molar-refractivity contribution is 7.99. The van der Waals surface area contributed by atoms with Crippen LogP contribution in [0.5, 0.6) is 0 Å². The van der Waals surface area contributed by atoms with E-state index in [0.29, 0.717) is 5.25 Å². The van der Waals surface area contributed by atoms with Crippen molar-refractivity contribution < 1.29 is 0 Å². The van der Waals surface area contributed by atoms with Gasteiger partial charge in [-0.1, -0.05) is 6.42 Å². The van der Waals surface area contributed by atoms with Gasteiger partial charge in [-0.3, -0.25) is 4.40 Å². The quantitative estimate of drug-likeness (QED) is 0.758. The standard InChI is InChI=1S/C12H15N3S/c1-9-5-6-15-11(8-9)13-14-12(15)10-4-2-3-7-16-10/h5-6,8,10H,2-4,7H2,1H3. The molecule has 1 saturated heterocycles. The van der Waals surface area contributed by atoms with Crippen LogP contribution in [-0.4, -0.2) is 20.4 Å². The first-order valence-corrected chi connectivity index (χ1v) is 6.82. The predicted octanol–water partition coefficient (Wildman–Crippen LogP) is 3.00. The Morgan fingerprint density at radius 3 is 3.12 bits per heavy atom. The molecule has 1 fully saturated rings. The van der Waals surface area contributed by atoms with E-state index in [4.69, 9.17) is 0 Å². The maximum atomic E-state index is 4.35. The van der Waals surface area contributed by atoms with Gasteiger partial charge in [-0.15, -0.1) is 10.2 Å². The van der Waals surface area contributed by atoms with Crippen LogP contribution in [0.4, 0.5) is 0 Å². The number of hydrogen-bond donors (Lipinski definition) is 0. The fraction of sp³-hybridized carbons (Fsp3) is 0.500. The van der Waals surface area contributed by atoms with Crippen molar-refractivity contribution in [2.45, 2.75) is 31.4 Å². The summed E-state index contributed by atoms with van der Waals surface area (Å²) >= 11 is 2.02. The molecule has 2 aromatic heterocycles. The second-order valence-electron chi connectivity index (χ2n) is 4.35. The number of pyridine rings is 1. The number of aryl methyl sites for hydroxylation is 1. The summed E-state index contributed by atoms with van der Waals surface area (Å²) in [7, 11) is 0. The average molecular weight is 233 g/mol. The minimum absolute atomic E-state index is 0.534. The molecule has 0 aliphatic carbocycles. The van der Waals surface area contributed by atoms with Crippen LogP contribution in [0, 0.1) is 6.92 Å². The second-order valence-corrected chi connectivity index (χ2v) is 5.66. The maximum absolute atomic E-state index is 4.35. The number of hydrogen-bond acceptors (Lipinski definition) is 3. The molecule has 1 aliphatic heterocycles. The smallest absolute Gasteiger partial charge is 0.161 e. The van der Waals surface area contributed by atoms with Gasteiger partial charge < -0.3 is 0 Å². The lowest BCUT2D eigenvalue weighted by Gasteiger charge is -2.19. The number of nitrogens with zero attached hydrogens (tertiary/aromatic N) is 3. The van der Waals surface area contributed by atoms with E-state index in [2.05, 4.69) is 39.9 Å². The van der Waals surface area contributed by atoms with Gasteiger partial charge >= 0.3 is 0 Å². The molecule has 2 aromatic rings. The summed E-state index contributed by atoms with van der Waals surface area (Å²) in [5, 5.41) is 9.14. The third-order valence-electron chi connectivity index (χ3n) is 3.06. The van der Waals surface area contributed by atoms with Crippen molar-refractivity contribution in [3.8, 4) is 0 Å². The van der Waals surface area contributed by atoms with E-state index in [0.717, 1.165) is 11.5 Å². The first-order valence-electron chi connectivity index (χ1n) is 5.77. The Labute approximate surface area is 99.3 Å². The fourth-order valence-corrected chi connectivity index (χ4v) is 3.47. The SMILES string of the molecule is Cc1ccn2c(C3CCCCS3)nnc2c1. The second kappa shape index (κ2) is 4.09. The molecule has 1 unspecified atom stereocenters. The molecule has 0 spiro atoms. The Bertz CT molecular complexity index is 500. The zero-order valence-electron chi connectivity index (χ0n) is 9.39. The first-order chi connectivity index (χ1) is 7.84. The van der Waals surface area contributed by atoms with Crippen molar-refractivity contribution in [3.05, 3.63) is 29.7 Å². The average Bonchev–Trinajstić information content (AvgIpc) is 2.73. The van der Waals surface area contributed by atoms with Crippen LogP contribution < -0.4 is 0 Å². The van der Waals surface area contributed by atoms with Crippen LogP contribution in [0.25, 0.3) is 5.65 Å². The lowest BCUT2D eigenvalue weighted by molar-refractivity contribution is 0.657. The van der Waals surface area contributed by atoms with Crippen LogP contribution in [0.3, 0.4) is 0 Å². The van der Waals surface area contributed by atoms with E-state index >= 15 is 0 Å². The van der Waals surface area contributed by atoms with E-state index in [1.54, 1.807) is 0 Å². The maximum Gasteiger partial charge on any atom is 0.161 e. The van der Waals surface area contributed by atoms with Gasteiger partial charge in [-0.05, 0) is 43.2 Å². The molecule has 0 bridgehead atoms. The van der Waals surface area contributed by atoms with Crippen LogP contribution in [0.15, 0.2) is 18.3 Å². The molecule has 0 saturated carbocycles. The van der Waals surface area contributed by atoms with Crippen LogP contribution in [0.1, 0.15) is 35.9 Å². The van der Waals surface area contributed by atoms with E-state index < -0.39 is 0 Å². The Hall–Kier alpha value is -1.03. The zero-order valence-corrected chi connectivity index (χ0v) is 10.2.